The molecular weight excluding hydrogens is 254 g/mol. The Balaban J connectivity index is 2.98. The molecule has 0 aliphatic carbocycles. The minimum Gasteiger partial charge on any atom is -0.394 e. The SMILES string of the molecule is CCC(CO)(CO)NC(=O)c1cccc(C)c1Cl. The van der Waals surface area contributed by atoms with Crippen LogP contribution in [0.4, 0.5) is 0 Å². The molecule has 0 aliphatic rings. The van der Waals surface area contributed by atoms with E-state index in [9.17, 15) is 15.0 Å². The summed E-state index contributed by atoms with van der Waals surface area (Å²) in [4.78, 5) is 12.1. The molecule has 18 heavy (non-hydrogen) atoms. The summed E-state index contributed by atoms with van der Waals surface area (Å²) < 4.78 is 0. The Labute approximate surface area is 112 Å². The van der Waals surface area contributed by atoms with Crippen molar-refractivity contribution >= 4 is 17.5 Å². The van der Waals surface area contributed by atoms with Crippen molar-refractivity contribution in [1.82, 2.24) is 5.32 Å². The van der Waals surface area contributed by atoms with Gasteiger partial charge in [-0.15, -0.1) is 0 Å². The van der Waals surface area contributed by atoms with Crippen LogP contribution < -0.4 is 5.32 Å². The van der Waals surface area contributed by atoms with Crippen LogP contribution in [-0.2, 0) is 0 Å². The van der Waals surface area contributed by atoms with E-state index in [1.807, 2.05) is 13.0 Å². The molecule has 4 nitrogen and oxygen atoms in total. The normalized spacial score (nSPS) is 11.4. The molecule has 100 valence electrons. The third-order valence-electron chi connectivity index (χ3n) is 3.10. The maximum atomic E-state index is 12.1. The van der Waals surface area contributed by atoms with Gasteiger partial charge < -0.3 is 15.5 Å². The van der Waals surface area contributed by atoms with Gasteiger partial charge in [-0.05, 0) is 25.0 Å². The van der Waals surface area contributed by atoms with Crippen LogP contribution in [0.3, 0.4) is 0 Å². The van der Waals surface area contributed by atoms with Crippen molar-refractivity contribution in [1.29, 1.82) is 0 Å². The molecule has 0 radical (unpaired) electrons. The van der Waals surface area contributed by atoms with Gasteiger partial charge >= 0.3 is 0 Å². The molecule has 0 atom stereocenters. The predicted octanol–water partition coefficient (Wildman–Crippen LogP) is 1.51. The Morgan fingerprint density at radius 3 is 2.50 bits per heavy atom. The number of amides is 1. The van der Waals surface area contributed by atoms with Crippen LogP contribution in [0.5, 0.6) is 0 Å². The molecule has 5 heteroatoms. The van der Waals surface area contributed by atoms with Crippen molar-refractivity contribution in [2.24, 2.45) is 0 Å². The van der Waals surface area contributed by atoms with Gasteiger partial charge in [0.25, 0.3) is 5.91 Å². The summed E-state index contributed by atoms with van der Waals surface area (Å²) >= 11 is 6.06. The standard InChI is InChI=1S/C13H18ClNO3/c1-3-13(7-16,8-17)15-12(18)10-6-4-5-9(2)11(10)14/h4-6,16-17H,3,7-8H2,1-2H3,(H,15,18). The maximum Gasteiger partial charge on any atom is 0.253 e. The van der Waals surface area contributed by atoms with Gasteiger partial charge in [0.2, 0.25) is 0 Å². The first kappa shape index (κ1) is 15.0. The molecule has 0 unspecified atom stereocenters. The van der Waals surface area contributed by atoms with Crippen molar-refractivity contribution in [2.75, 3.05) is 13.2 Å². The van der Waals surface area contributed by atoms with E-state index in [0.29, 0.717) is 17.0 Å². The average molecular weight is 272 g/mol. The highest BCUT2D eigenvalue weighted by atomic mass is 35.5. The summed E-state index contributed by atoms with van der Waals surface area (Å²) in [6.07, 6.45) is 0.426. The third-order valence-corrected chi connectivity index (χ3v) is 3.60. The van der Waals surface area contributed by atoms with Gasteiger partial charge in [-0.2, -0.15) is 0 Å². The second-order valence-electron chi connectivity index (χ2n) is 4.34. The van der Waals surface area contributed by atoms with Crippen LogP contribution in [0.1, 0.15) is 29.3 Å². The lowest BCUT2D eigenvalue weighted by Crippen LogP contribution is -2.53. The lowest BCUT2D eigenvalue weighted by atomic mass is 9.97. The highest BCUT2D eigenvalue weighted by molar-refractivity contribution is 6.34. The van der Waals surface area contributed by atoms with E-state index in [4.69, 9.17) is 11.6 Å². The van der Waals surface area contributed by atoms with Crippen LogP contribution in [0.15, 0.2) is 18.2 Å². The van der Waals surface area contributed by atoms with Crippen LogP contribution in [0.25, 0.3) is 0 Å². The van der Waals surface area contributed by atoms with E-state index in [2.05, 4.69) is 5.32 Å². The zero-order chi connectivity index (χ0) is 13.8. The molecule has 0 saturated carbocycles. The topological polar surface area (TPSA) is 69.6 Å². The van der Waals surface area contributed by atoms with E-state index in [1.54, 1.807) is 19.1 Å². The highest BCUT2D eigenvalue weighted by Crippen LogP contribution is 2.21. The minimum absolute atomic E-state index is 0.324. The number of hydrogen-bond donors (Lipinski definition) is 3. The van der Waals surface area contributed by atoms with Crippen molar-refractivity contribution in [3.8, 4) is 0 Å². The Morgan fingerprint density at radius 1 is 1.39 bits per heavy atom. The number of carbonyl (C=O) groups excluding carboxylic acids is 1. The summed E-state index contributed by atoms with van der Waals surface area (Å²) in [5.41, 5.74) is 0.139. The average Bonchev–Trinajstić information content (AvgIpc) is 2.39. The van der Waals surface area contributed by atoms with Gasteiger partial charge in [-0.1, -0.05) is 30.7 Å². The molecule has 0 heterocycles. The van der Waals surface area contributed by atoms with Gasteiger partial charge in [0.1, 0.15) is 0 Å². The lowest BCUT2D eigenvalue weighted by molar-refractivity contribution is 0.0653. The number of hydrogen-bond acceptors (Lipinski definition) is 3. The van der Waals surface area contributed by atoms with Crippen LogP contribution in [-0.4, -0.2) is 34.9 Å². The van der Waals surface area contributed by atoms with Gasteiger partial charge in [-0.3, -0.25) is 4.79 Å². The number of carbonyl (C=O) groups is 1. The van der Waals surface area contributed by atoms with E-state index in [1.165, 1.54) is 0 Å². The molecule has 0 saturated heterocycles. The number of aryl methyl sites for hydroxylation is 1. The number of aliphatic hydroxyl groups excluding tert-OH is 2. The molecule has 0 aromatic heterocycles. The van der Waals surface area contributed by atoms with E-state index < -0.39 is 11.4 Å². The Morgan fingerprint density at radius 2 is 2.00 bits per heavy atom. The van der Waals surface area contributed by atoms with E-state index in [-0.39, 0.29) is 13.2 Å². The fraction of sp³-hybridized carbons (Fsp3) is 0.462. The fourth-order valence-electron chi connectivity index (χ4n) is 1.57. The van der Waals surface area contributed by atoms with Crippen molar-refractivity contribution in [3.05, 3.63) is 34.3 Å². The maximum absolute atomic E-state index is 12.1. The number of aliphatic hydroxyl groups is 2. The number of benzene rings is 1. The second-order valence-corrected chi connectivity index (χ2v) is 4.72. The quantitative estimate of drug-likeness (QED) is 0.760. The van der Waals surface area contributed by atoms with Crippen molar-refractivity contribution in [3.63, 3.8) is 0 Å². The van der Waals surface area contributed by atoms with Gasteiger partial charge in [0.05, 0.1) is 29.3 Å². The molecule has 0 fully saturated rings. The molecule has 0 aliphatic heterocycles. The van der Waals surface area contributed by atoms with Crippen molar-refractivity contribution in [2.45, 2.75) is 25.8 Å². The fourth-order valence-corrected chi connectivity index (χ4v) is 1.78. The summed E-state index contributed by atoms with van der Waals surface area (Å²) in [6.45, 7) is 2.94. The highest BCUT2D eigenvalue weighted by Gasteiger charge is 2.29. The van der Waals surface area contributed by atoms with Gasteiger partial charge in [-0.25, -0.2) is 0 Å². The van der Waals surface area contributed by atoms with E-state index >= 15 is 0 Å². The molecule has 1 aromatic carbocycles. The number of rotatable bonds is 5. The Hall–Kier alpha value is -1.10. The summed E-state index contributed by atoms with van der Waals surface area (Å²) in [5, 5.41) is 21.6. The third kappa shape index (κ3) is 3.02. The largest absolute Gasteiger partial charge is 0.394 e. The number of halogens is 1. The smallest absolute Gasteiger partial charge is 0.253 e. The van der Waals surface area contributed by atoms with E-state index in [0.717, 1.165) is 5.56 Å². The number of nitrogens with one attached hydrogen (secondary N) is 1. The summed E-state index contributed by atoms with van der Waals surface area (Å²) in [7, 11) is 0. The lowest BCUT2D eigenvalue weighted by Gasteiger charge is -2.29. The van der Waals surface area contributed by atoms with Crippen LogP contribution in [0, 0.1) is 6.92 Å². The molecule has 1 rings (SSSR count). The van der Waals surface area contributed by atoms with Gasteiger partial charge in [0.15, 0.2) is 0 Å². The molecular formula is C13H18ClNO3. The van der Waals surface area contributed by atoms with Crippen molar-refractivity contribution < 1.29 is 15.0 Å². The van der Waals surface area contributed by atoms with Gasteiger partial charge in [0, 0.05) is 0 Å². The monoisotopic (exact) mass is 271 g/mol. The first-order chi connectivity index (χ1) is 8.49. The van der Waals surface area contributed by atoms with Crippen LogP contribution >= 0.6 is 11.6 Å². The first-order valence-corrected chi connectivity index (χ1v) is 6.17. The minimum atomic E-state index is -1.01. The molecule has 1 amide bonds. The summed E-state index contributed by atoms with van der Waals surface area (Å²) in [5.74, 6) is -0.395. The first-order valence-electron chi connectivity index (χ1n) is 5.79. The molecule has 0 bridgehead atoms. The molecule has 0 spiro atoms. The second kappa shape index (κ2) is 6.18. The van der Waals surface area contributed by atoms with Crippen LogP contribution in [0.2, 0.25) is 5.02 Å². The zero-order valence-electron chi connectivity index (χ0n) is 10.5. The predicted molar refractivity (Wildman–Crippen MR) is 70.8 cm³/mol. The Kier molecular flexibility index (Phi) is 5.14. The summed E-state index contributed by atoms with van der Waals surface area (Å²) in [6, 6.07) is 5.16. The zero-order valence-corrected chi connectivity index (χ0v) is 11.3. The molecule has 1 aromatic rings. The molecule has 3 N–H and O–H groups in total. The Bertz CT molecular complexity index is 422.